The van der Waals surface area contributed by atoms with Gasteiger partial charge in [0.1, 0.15) is 5.65 Å². The minimum absolute atomic E-state index is 0.972. The van der Waals surface area contributed by atoms with Gasteiger partial charge in [-0.2, -0.15) is 0 Å². The molecule has 0 saturated carbocycles. The van der Waals surface area contributed by atoms with E-state index in [1.807, 2.05) is 18.6 Å². The van der Waals surface area contributed by atoms with E-state index in [0.717, 1.165) is 23.0 Å². The zero-order valence-electron chi connectivity index (χ0n) is 19.9. The Kier molecular flexibility index (Phi) is 3.55. The van der Waals surface area contributed by atoms with E-state index in [9.17, 15) is 0 Å². The zero-order chi connectivity index (χ0) is 24.1. The molecule has 4 nitrogen and oxygen atoms in total. The van der Waals surface area contributed by atoms with Gasteiger partial charge in [0.05, 0.1) is 16.6 Å². The van der Waals surface area contributed by atoms with Crippen LogP contribution in [0.25, 0.3) is 65.9 Å². The summed E-state index contributed by atoms with van der Waals surface area (Å²) in [5.74, 6) is 0. The van der Waals surface area contributed by atoms with Crippen LogP contribution in [0.3, 0.4) is 0 Å². The van der Waals surface area contributed by atoms with Gasteiger partial charge in [-0.25, -0.2) is 4.98 Å². The first-order valence-electron chi connectivity index (χ1n) is 12.6. The van der Waals surface area contributed by atoms with Crippen molar-refractivity contribution in [3.63, 3.8) is 0 Å². The average Bonchev–Trinajstić information content (AvgIpc) is 3.67. The summed E-state index contributed by atoms with van der Waals surface area (Å²) in [6.45, 7) is 0. The second-order valence-corrected chi connectivity index (χ2v) is 9.90. The Morgan fingerprint density at radius 1 is 0.649 bits per heavy atom. The molecule has 0 unspecified atom stereocenters. The summed E-state index contributed by atoms with van der Waals surface area (Å²) >= 11 is 0. The first kappa shape index (κ1) is 19.3. The van der Waals surface area contributed by atoms with E-state index in [1.165, 1.54) is 60.5 Å². The summed E-state index contributed by atoms with van der Waals surface area (Å²) in [6.07, 6.45) is 8.76. The van der Waals surface area contributed by atoms with Crippen molar-refractivity contribution in [1.29, 1.82) is 0 Å². The van der Waals surface area contributed by atoms with Gasteiger partial charge in [-0.15, -0.1) is 0 Å². The van der Waals surface area contributed by atoms with E-state index in [1.54, 1.807) is 0 Å². The van der Waals surface area contributed by atoms with Crippen molar-refractivity contribution in [2.75, 3.05) is 0 Å². The molecule has 0 N–H and O–H groups in total. The Morgan fingerprint density at radius 2 is 1.51 bits per heavy atom. The number of pyridine rings is 2. The van der Waals surface area contributed by atoms with Crippen LogP contribution < -0.4 is 0 Å². The normalized spacial score (nSPS) is 12.8. The Bertz CT molecular complexity index is 2220. The molecule has 1 aliphatic carbocycles. The molecule has 172 valence electrons. The molecule has 4 aromatic carbocycles. The maximum atomic E-state index is 4.88. The number of hydrogen-bond donors (Lipinski definition) is 0. The van der Waals surface area contributed by atoms with E-state index < -0.39 is 0 Å². The van der Waals surface area contributed by atoms with Gasteiger partial charge < -0.3 is 4.57 Å². The first-order chi connectivity index (χ1) is 18.4. The van der Waals surface area contributed by atoms with Gasteiger partial charge >= 0.3 is 0 Å². The molecular formula is C33H20N4. The lowest BCUT2D eigenvalue weighted by molar-refractivity contribution is 1.18. The van der Waals surface area contributed by atoms with Crippen molar-refractivity contribution in [3.05, 3.63) is 121 Å². The summed E-state index contributed by atoms with van der Waals surface area (Å²) in [5, 5.41) is 5.99. The topological polar surface area (TPSA) is 35.1 Å². The van der Waals surface area contributed by atoms with Crippen LogP contribution in [0.1, 0.15) is 11.1 Å². The third kappa shape index (κ3) is 2.37. The summed E-state index contributed by atoms with van der Waals surface area (Å²) in [6, 6.07) is 30.9. The zero-order valence-corrected chi connectivity index (χ0v) is 19.9. The summed E-state index contributed by atoms with van der Waals surface area (Å²) in [7, 11) is 0. The van der Waals surface area contributed by atoms with Crippen molar-refractivity contribution in [1.82, 2.24) is 18.9 Å². The summed E-state index contributed by atoms with van der Waals surface area (Å²) < 4.78 is 4.66. The molecule has 0 bridgehead atoms. The Balaban J connectivity index is 1.59. The monoisotopic (exact) mass is 472 g/mol. The number of fused-ring (bicyclic) bond motifs is 14. The van der Waals surface area contributed by atoms with E-state index in [-0.39, 0.29) is 0 Å². The first-order valence-corrected chi connectivity index (χ1v) is 12.6. The molecule has 4 heterocycles. The molecule has 4 aromatic heterocycles. The Hall–Kier alpha value is -4.96. The summed E-state index contributed by atoms with van der Waals surface area (Å²) in [4.78, 5) is 9.36. The second kappa shape index (κ2) is 6.83. The van der Waals surface area contributed by atoms with Gasteiger partial charge in [0.2, 0.25) is 0 Å². The van der Waals surface area contributed by atoms with Gasteiger partial charge in [-0.05, 0) is 52.8 Å². The number of aromatic nitrogens is 4. The third-order valence-electron chi connectivity index (χ3n) is 8.08. The Labute approximate surface area is 212 Å². The highest BCUT2D eigenvalue weighted by atomic mass is 15.0. The van der Waals surface area contributed by atoms with Crippen molar-refractivity contribution in [2.24, 2.45) is 0 Å². The molecule has 1 aliphatic rings. The molecule has 0 spiro atoms. The number of hydrogen-bond acceptors (Lipinski definition) is 2. The van der Waals surface area contributed by atoms with Crippen molar-refractivity contribution in [2.45, 2.75) is 6.42 Å². The molecule has 4 heteroatoms. The molecule has 9 rings (SSSR count). The fraction of sp³-hybridized carbons (Fsp3) is 0.0303. The van der Waals surface area contributed by atoms with E-state index >= 15 is 0 Å². The standard InChI is InChI=1S/C33H20N4/c1-2-7-22(8-3-1)37-28-13-12-24-26-19-34-15-14-27(26)36-17-16-35-33(36)31(24)30(28)25-11-10-21-18-20-6-4-5-9-23(20)29(21)32(25)37/h1-17,19H,18H2. The average molecular weight is 473 g/mol. The molecule has 0 fully saturated rings. The minimum Gasteiger partial charge on any atom is -0.309 e. The van der Waals surface area contributed by atoms with Crippen LogP contribution in [0, 0.1) is 0 Å². The van der Waals surface area contributed by atoms with Crippen LogP contribution in [-0.4, -0.2) is 18.9 Å². The number of rotatable bonds is 1. The van der Waals surface area contributed by atoms with Crippen molar-refractivity contribution >= 4 is 49.1 Å². The van der Waals surface area contributed by atoms with Crippen LogP contribution in [0.15, 0.2) is 110 Å². The van der Waals surface area contributed by atoms with Gasteiger partial charge in [-0.1, -0.05) is 60.7 Å². The molecular weight excluding hydrogens is 452 g/mol. The second-order valence-electron chi connectivity index (χ2n) is 9.90. The molecule has 0 radical (unpaired) electrons. The molecule has 37 heavy (non-hydrogen) atoms. The number of imidazole rings is 1. The van der Waals surface area contributed by atoms with E-state index in [4.69, 9.17) is 4.98 Å². The molecule has 0 atom stereocenters. The highest BCUT2D eigenvalue weighted by molar-refractivity contribution is 6.30. The van der Waals surface area contributed by atoms with Crippen molar-refractivity contribution < 1.29 is 0 Å². The van der Waals surface area contributed by atoms with Crippen LogP contribution in [0.5, 0.6) is 0 Å². The van der Waals surface area contributed by atoms with Crippen LogP contribution in [-0.2, 0) is 6.42 Å². The summed E-state index contributed by atoms with van der Waals surface area (Å²) in [5.41, 5.74) is 11.2. The number of benzene rings is 4. The predicted octanol–water partition coefficient (Wildman–Crippen LogP) is 7.70. The molecule has 0 saturated heterocycles. The number of nitrogens with zero attached hydrogens (tertiary/aromatic N) is 4. The van der Waals surface area contributed by atoms with Crippen LogP contribution in [0.4, 0.5) is 0 Å². The highest BCUT2D eigenvalue weighted by Crippen LogP contribution is 2.47. The Morgan fingerprint density at radius 3 is 2.46 bits per heavy atom. The maximum absolute atomic E-state index is 4.88. The fourth-order valence-electron chi connectivity index (χ4n) is 6.60. The maximum Gasteiger partial charge on any atom is 0.145 e. The van der Waals surface area contributed by atoms with E-state index in [0.29, 0.717) is 0 Å². The molecule has 8 aromatic rings. The van der Waals surface area contributed by atoms with Gasteiger partial charge in [0, 0.05) is 57.6 Å². The third-order valence-corrected chi connectivity index (χ3v) is 8.08. The van der Waals surface area contributed by atoms with Crippen LogP contribution >= 0.6 is 0 Å². The largest absolute Gasteiger partial charge is 0.309 e. The van der Waals surface area contributed by atoms with Crippen molar-refractivity contribution in [3.8, 4) is 16.8 Å². The highest BCUT2D eigenvalue weighted by Gasteiger charge is 2.26. The lowest BCUT2D eigenvalue weighted by atomic mass is 9.99. The van der Waals surface area contributed by atoms with Gasteiger partial charge in [0.25, 0.3) is 0 Å². The SMILES string of the molecule is c1ccc(-n2c3ccc4c5cnccc5n5ccnc5c4c3c3ccc4c(c32)-c2ccccc2C4)cc1. The molecule has 0 aliphatic heterocycles. The smallest absolute Gasteiger partial charge is 0.145 e. The minimum atomic E-state index is 0.972. The molecule has 0 amide bonds. The number of para-hydroxylation sites is 1. The predicted molar refractivity (Wildman–Crippen MR) is 151 cm³/mol. The lowest BCUT2D eigenvalue weighted by Crippen LogP contribution is -1.96. The van der Waals surface area contributed by atoms with Crippen LogP contribution in [0.2, 0.25) is 0 Å². The lowest BCUT2D eigenvalue weighted by Gasteiger charge is -2.12. The van der Waals surface area contributed by atoms with E-state index in [2.05, 4.69) is 105 Å². The fourth-order valence-corrected chi connectivity index (χ4v) is 6.60. The van der Waals surface area contributed by atoms with Gasteiger partial charge in [0.15, 0.2) is 0 Å². The quantitative estimate of drug-likeness (QED) is 0.229. The van der Waals surface area contributed by atoms with Gasteiger partial charge in [-0.3, -0.25) is 9.38 Å².